The first kappa shape index (κ1) is 10.4. The first-order valence-electron chi connectivity index (χ1n) is 5.49. The zero-order valence-electron chi connectivity index (χ0n) is 9.03. The molecule has 0 radical (unpaired) electrons. The van der Waals surface area contributed by atoms with Crippen molar-refractivity contribution >= 4 is 11.8 Å². The van der Waals surface area contributed by atoms with Gasteiger partial charge >= 0.3 is 0 Å². The predicted molar refractivity (Wildman–Crippen MR) is 55.2 cm³/mol. The monoisotopic (exact) mass is 211 g/mol. The highest BCUT2D eigenvalue weighted by Gasteiger charge is 2.34. The van der Waals surface area contributed by atoms with E-state index in [2.05, 4.69) is 5.32 Å². The Hall–Kier alpha value is -1.10. The van der Waals surface area contributed by atoms with Crippen LogP contribution in [0.25, 0.3) is 0 Å². The number of nitrogens with zero attached hydrogens (tertiary/aromatic N) is 2. The summed E-state index contributed by atoms with van der Waals surface area (Å²) < 4.78 is 0. The molecule has 2 rings (SSSR count). The molecule has 0 bridgehead atoms. The summed E-state index contributed by atoms with van der Waals surface area (Å²) in [6, 6.07) is -0.274. The van der Waals surface area contributed by atoms with Crippen molar-refractivity contribution in [2.75, 3.05) is 32.7 Å². The lowest BCUT2D eigenvalue weighted by Gasteiger charge is -2.38. The number of piperazine rings is 1. The van der Waals surface area contributed by atoms with Gasteiger partial charge in [0.2, 0.25) is 11.8 Å². The first-order valence-corrected chi connectivity index (χ1v) is 5.49. The lowest BCUT2D eigenvalue weighted by atomic mass is 10.1. The second kappa shape index (κ2) is 4.18. The Labute approximate surface area is 89.4 Å². The number of likely N-dealkylation sites (tertiary alicyclic amines) is 1. The highest BCUT2D eigenvalue weighted by atomic mass is 16.2. The molecule has 2 aliphatic rings. The summed E-state index contributed by atoms with van der Waals surface area (Å²) in [5, 5.41) is 3.20. The smallest absolute Gasteiger partial charge is 0.245 e. The van der Waals surface area contributed by atoms with Gasteiger partial charge in [-0.3, -0.25) is 9.59 Å². The van der Waals surface area contributed by atoms with Gasteiger partial charge in [-0.1, -0.05) is 0 Å². The van der Waals surface area contributed by atoms with Crippen LogP contribution in [0, 0.1) is 0 Å². The molecule has 2 aliphatic heterocycles. The van der Waals surface area contributed by atoms with Crippen molar-refractivity contribution in [1.29, 1.82) is 0 Å². The van der Waals surface area contributed by atoms with E-state index >= 15 is 0 Å². The summed E-state index contributed by atoms with van der Waals surface area (Å²) in [6.07, 6.45) is 0.596. The lowest BCUT2D eigenvalue weighted by molar-refractivity contribution is -0.152. The molecule has 5 heteroatoms. The molecule has 0 aromatic heterocycles. The van der Waals surface area contributed by atoms with Crippen molar-refractivity contribution < 1.29 is 9.59 Å². The number of amides is 2. The molecule has 2 heterocycles. The van der Waals surface area contributed by atoms with Crippen molar-refractivity contribution in [3.63, 3.8) is 0 Å². The molecule has 0 aromatic carbocycles. The third kappa shape index (κ3) is 1.97. The van der Waals surface area contributed by atoms with Crippen molar-refractivity contribution in [3.05, 3.63) is 0 Å². The number of nitrogens with one attached hydrogen (secondary N) is 1. The summed E-state index contributed by atoms with van der Waals surface area (Å²) in [7, 11) is 0. The molecule has 2 amide bonds. The predicted octanol–water partition coefficient (Wildman–Crippen LogP) is -0.961. The van der Waals surface area contributed by atoms with Crippen molar-refractivity contribution in [2.24, 2.45) is 0 Å². The molecule has 1 atom stereocenters. The van der Waals surface area contributed by atoms with E-state index < -0.39 is 0 Å². The van der Waals surface area contributed by atoms with Gasteiger partial charge in [-0.2, -0.15) is 0 Å². The average Bonchev–Trinajstić information content (AvgIpc) is 2.27. The van der Waals surface area contributed by atoms with Crippen LogP contribution < -0.4 is 5.32 Å². The van der Waals surface area contributed by atoms with Gasteiger partial charge in [0.1, 0.15) is 6.04 Å². The number of rotatable bonds is 2. The van der Waals surface area contributed by atoms with E-state index in [-0.39, 0.29) is 17.9 Å². The van der Waals surface area contributed by atoms with E-state index in [1.165, 1.54) is 0 Å². The summed E-state index contributed by atoms with van der Waals surface area (Å²) >= 11 is 0. The summed E-state index contributed by atoms with van der Waals surface area (Å²) in [5.41, 5.74) is 0. The fourth-order valence-corrected chi connectivity index (χ4v) is 2.02. The number of hydrogen-bond acceptors (Lipinski definition) is 3. The number of carbonyl (C=O) groups is 2. The van der Waals surface area contributed by atoms with Crippen LogP contribution >= 0.6 is 0 Å². The van der Waals surface area contributed by atoms with Gasteiger partial charge in [-0.25, -0.2) is 0 Å². The fraction of sp³-hybridized carbons (Fsp3) is 0.800. The number of β-lactam (4-membered cyclic amide) rings is 1. The highest BCUT2D eigenvalue weighted by Crippen LogP contribution is 2.15. The van der Waals surface area contributed by atoms with Gasteiger partial charge in [0.05, 0.1) is 0 Å². The quantitative estimate of drug-likeness (QED) is 0.598. The molecular weight excluding hydrogens is 194 g/mol. The van der Waals surface area contributed by atoms with Gasteiger partial charge < -0.3 is 15.1 Å². The van der Waals surface area contributed by atoms with Crippen LogP contribution in [0.4, 0.5) is 0 Å². The third-order valence-corrected chi connectivity index (χ3v) is 3.14. The Morgan fingerprint density at radius 3 is 2.47 bits per heavy atom. The zero-order chi connectivity index (χ0) is 10.8. The zero-order valence-corrected chi connectivity index (χ0v) is 9.03. The fourth-order valence-electron chi connectivity index (χ4n) is 2.02. The van der Waals surface area contributed by atoms with Crippen molar-refractivity contribution in [2.45, 2.75) is 19.4 Å². The summed E-state index contributed by atoms with van der Waals surface area (Å²) in [6.45, 7) is 5.77. The normalized spacial score (nSPS) is 23.7. The minimum Gasteiger partial charge on any atom is -0.338 e. The van der Waals surface area contributed by atoms with E-state index in [1.54, 1.807) is 4.90 Å². The van der Waals surface area contributed by atoms with Crippen LogP contribution in [-0.2, 0) is 9.59 Å². The van der Waals surface area contributed by atoms with E-state index in [9.17, 15) is 9.59 Å². The van der Waals surface area contributed by atoms with Crippen LogP contribution in [0.15, 0.2) is 0 Å². The van der Waals surface area contributed by atoms with Crippen LogP contribution in [0.1, 0.15) is 13.3 Å². The Bertz CT molecular complexity index is 274. The standard InChI is InChI=1S/C10H17N3O2/c1-8(13-5-2-9(13)14)10(15)12-6-3-11-4-7-12/h8,11H,2-7H2,1H3/t8-/m1/s1. The molecule has 84 valence electrons. The van der Waals surface area contributed by atoms with Crippen molar-refractivity contribution in [3.8, 4) is 0 Å². The molecule has 5 nitrogen and oxygen atoms in total. The van der Waals surface area contributed by atoms with Gasteiger partial charge in [0, 0.05) is 39.1 Å². The molecule has 2 fully saturated rings. The average molecular weight is 211 g/mol. The maximum Gasteiger partial charge on any atom is 0.245 e. The minimum atomic E-state index is -0.274. The SMILES string of the molecule is C[C@H](C(=O)N1CCNCC1)N1CCC1=O. The highest BCUT2D eigenvalue weighted by molar-refractivity contribution is 5.90. The molecule has 0 spiro atoms. The Kier molecular flexibility index (Phi) is 2.90. The third-order valence-electron chi connectivity index (χ3n) is 3.14. The number of carbonyl (C=O) groups excluding carboxylic acids is 2. The van der Waals surface area contributed by atoms with Crippen LogP contribution in [0.3, 0.4) is 0 Å². The van der Waals surface area contributed by atoms with Gasteiger partial charge in [-0.15, -0.1) is 0 Å². The molecule has 2 saturated heterocycles. The Morgan fingerprint density at radius 1 is 1.33 bits per heavy atom. The van der Waals surface area contributed by atoms with Crippen LogP contribution in [-0.4, -0.2) is 60.4 Å². The summed E-state index contributed by atoms with van der Waals surface area (Å²) in [4.78, 5) is 26.7. The van der Waals surface area contributed by atoms with E-state index in [0.717, 1.165) is 32.7 Å². The Balaban J connectivity index is 1.91. The molecule has 15 heavy (non-hydrogen) atoms. The van der Waals surface area contributed by atoms with E-state index in [0.29, 0.717) is 6.42 Å². The molecule has 0 saturated carbocycles. The van der Waals surface area contributed by atoms with E-state index in [1.807, 2.05) is 11.8 Å². The Morgan fingerprint density at radius 2 is 2.00 bits per heavy atom. The lowest BCUT2D eigenvalue weighted by Crippen LogP contribution is -2.57. The second-order valence-electron chi connectivity index (χ2n) is 4.09. The van der Waals surface area contributed by atoms with Gasteiger partial charge in [-0.05, 0) is 6.92 Å². The topological polar surface area (TPSA) is 52.7 Å². The van der Waals surface area contributed by atoms with Gasteiger partial charge in [0.25, 0.3) is 0 Å². The minimum absolute atomic E-state index is 0.0875. The largest absolute Gasteiger partial charge is 0.338 e. The first-order chi connectivity index (χ1) is 7.20. The summed E-state index contributed by atoms with van der Waals surface area (Å²) in [5.74, 6) is 0.190. The van der Waals surface area contributed by atoms with E-state index in [4.69, 9.17) is 0 Å². The number of hydrogen-bond donors (Lipinski definition) is 1. The maximum absolute atomic E-state index is 12.0. The molecule has 0 aliphatic carbocycles. The van der Waals surface area contributed by atoms with Crippen molar-refractivity contribution in [1.82, 2.24) is 15.1 Å². The molecule has 0 aromatic rings. The van der Waals surface area contributed by atoms with Crippen LogP contribution in [0.2, 0.25) is 0 Å². The van der Waals surface area contributed by atoms with Gasteiger partial charge in [0.15, 0.2) is 0 Å². The molecule has 0 unspecified atom stereocenters. The molecular formula is C10H17N3O2. The second-order valence-corrected chi connectivity index (χ2v) is 4.09. The van der Waals surface area contributed by atoms with Crippen LogP contribution in [0.5, 0.6) is 0 Å². The maximum atomic E-state index is 12.0. The molecule has 1 N–H and O–H groups in total.